The van der Waals surface area contributed by atoms with E-state index >= 15 is 0 Å². The highest BCUT2D eigenvalue weighted by molar-refractivity contribution is 5.88. The lowest BCUT2D eigenvalue weighted by molar-refractivity contribution is -0.120. The van der Waals surface area contributed by atoms with Crippen LogP contribution in [0.3, 0.4) is 0 Å². The van der Waals surface area contributed by atoms with Gasteiger partial charge >= 0.3 is 0 Å². The van der Waals surface area contributed by atoms with E-state index in [1.165, 1.54) is 0 Å². The second kappa shape index (κ2) is 7.75. The van der Waals surface area contributed by atoms with Gasteiger partial charge in [-0.05, 0) is 30.2 Å². The first-order valence-corrected chi connectivity index (χ1v) is 8.14. The molecule has 0 aliphatic rings. The van der Waals surface area contributed by atoms with E-state index in [-0.39, 0.29) is 12.3 Å². The zero-order valence-electron chi connectivity index (χ0n) is 14.4. The summed E-state index contributed by atoms with van der Waals surface area (Å²) >= 11 is 0. The van der Waals surface area contributed by atoms with Gasteiger partial charge in [0.05, 0.1) is 26.9 Å². The molecule has 0 fully saturated rings. The van der Waals surface area contributed by atoms with E-state index in [0.29, 0.717) is 6.54 Å². The van der Waals surface area contributed by atoms with Crippen LogP contribution in [0, 0.1) is 0 Å². The SMILES string of the molecule is COc1ccc2c(CC(=O)NCCc3ccccc3OC)coc2c1. The molecule has 1 amide bonds. The molecule has 1 heterocycles. The van der Waals surface area contributed by atoms with Crippen LogP contribution in [0.1, 0.15) is 11.1 Å². The van der Waals surface area contributed by atoms with Crippen molar-refractivity contribution in [2.45, 2.75) is 12.8 Å². The predicted octanol–water partition coefficient (Wildman–Crippen LogP) is 3.35. The number of methoxy groups -OCH3 is 2. The van der Waals surface area contributed by atoms with Gasteiger partial charge in [-0.25, -0.2) is 0 Å². The van der Waals surface area contributed by atoms with Crippen molar-refractivity contribution < 1.29 is 18.7 Å². The molecule has 1 aromatic heterocycles. The Kier molecular flexibility index (Phi) is 5.23. The standard InChI is InChI=1S/C20H21NO4/c1-23-16-7-8-17-15(13-25-19(17)12-16)11-20(22)21-10-9-14-5-3-4-6-18(14)24-2/h3-8,12-13H,9-11H2,1-2H3,(H,21,22). The lowest BCUT2D eigenvalue weighted by Crippen LogP contribution is -2.27. The fourth-order valence-corrected chi connectivity index (χ4v) is 2.81. The highest BCUT2D eigenvalue weighted by Crippen LogP contribution is 2.25. The number of furan rings is 1. The number of carbonyl (C=O) groups is 1. The number of amides is 1. The minimum atomic E-state index is -0.0339. The summed E-state index contributed by atoms with van der Waals surface area (Å²) < 4.78 is 16.0. The molecule has 0 radical (unpaired) electrons. The highest BCUT2D eigenvalue weighted by atomic mass is 16.5. The molecule has 3 aromatic rings. The molecule has 0 bridgehead atoms. The lowest BCUT2D eigenvalue weighted by atomic mass is 10.1. The van der Waals surface area contributed by atoms with Gasteiger partial charge in [-0.2, -0.15) is 0 Å². The van der Waals surface area contributed by atoms with Crippen LogP contribution >= 0.6 is 0 Å². The van der Waals surface area contributed by atoms with Crippen LogP contribution in [0.5, 0.6) is 11.5 Å². The van der Waals surface area contributed by atoms with E-state index in [1.54, 1.807) is 20.5 Å². The molecule has 1 N–H and O–H groups in total. The quantitative estimate of drug-likeness (QED) is 0.717. The van der Waals surface area contributed by atoms with Gasteiger partial charge in [-0.3, -0.25) is 4.79 Å². The predicted molar refractivity (Wildman–Crippen MR) is 96.2 cm³/mol. The maximum Gasteiger partial charge on any atom is 0.224 e. The largest absolute Gasteiger partial charge is 0.497 e. The van der Waals surface area contributed by atoms with Crippen LogP contribution in [0.15, 0.2) is 53.1 Å². The van der Waals surface area contributed by atoms with E-state index in [2.05, 4.69) is 5.32 Å². The first-order valence-electron chi connectivity index (χ1n) is 8.14. The van der Waals surface area contributed by atoms with Crippen molar-refractivity contribution >= 4 is 16.9 Å². The Balaban J connectivity index is 1.58. The Morgan fingerprint density at radius 3 is 2.72 bits per heavy atom. The van der Waals surface area contributed by atoms with Crippen molar-refractivity contribution in [2.75, 3.05) is 20.8 Å². The van der Waals surface area contributed by atoms with Crippen LogP contribution in [-0.2, 0) is 17.6 Å². The number of fused-ring (bicyclic) bond motifs is 1. The van der Waals surface area contributed by atoms with Crippen LogP contribution < -0.4 is 14.8 Å². The molecule has 0 aliphatic heterocycles. The third-order valence-corrected chi connectivity index (χ3v) is 4.12. The number of para-hydroxylation sites is 1. The van der Waals surface area contributed by atoms with Gasteiger partial charge in [-0.1, -0.05) is 18.2 Å². The smallest absolute Gasteiger partial charge is 0.224 e. The highest BCUT2D eigenvalue weighted by Gasteiger charge is 2.11. The molecular weight excluding hydrogens is 318 g/mol. The molecule has 0 unspecified atom stereocenters. The first-order chi connectivity index (χ1) is 12.2. The minimum Gasteiger partial charge on any atom is -0.497 e. The van der Waals surface area contributed by atoms with Crippen LogP contribution in [-0.4, -0.2) is 26.7 Å². The Morgan fingerprint density at radius 1 is 1.08 bits per heavy atom. The zero-order valence-corrected chi connectivity index (χ0v) is 14.4. The van der Waals surface area contributed by atoms with Crippen molar-refractivity contribution in [3.8, 4) is 11.5 Å². The molecule has 25 heavy (non-hydrogen) atoms. The molecule has 0 aliphatic carbocycles. The molecule has 2 aromatic carbocycles. The number of carbonyl (C=O) groups excluding carboxylic acids is 1. The van der Waals surface area contributed by atoms with E-state index < -0.39 is 0 Å². The third-order valence-electron chi connectivity index (χ3n) is 4.12. The molecule has 0 spiro atoms. The second-order valence-corrected chi connectivity index (χ2v) is 5.71. The van der Waals surface area contributed by atoms with Gasteiger partial charge in [0.15, 0.2) is 0 Å². The third kappa shape index (κ3) is 3.94. The number of benzene rings is 2. The summed E-state index contributed by atoms with van der Waals surface area (Å²) in [5, 5.41) is 3.88. The van der Waals surface area contributed by atoms with E-state index in [9.17, 15) is 4.79 Å². The van der Waals surface area contributed by atoms with Gasteiger partial charge in [0.1, 0.15) is 17.1 Å². The van der Waals surface area contributed by atoms with Crippen molar-refractivity contribution in [2.24, 2.45) is 0 Å². The number of nitrogens with one attached hydrogen (secondary N) is 1. The van der Waals surface area contributed by atoms with E-state index in [4.69, 9.17) is 13.9 Å². The van der Waals surface area contributed by atoms with Gasteiger partial charge in [0.2, 0.25) is 5.91 Å². The summed E-state index contributed by atoms with van der Waals surface area (Å²) in [5.74, 6) is 1.54. The average Bonchev–Trinajstić information content (AvgIpc) is 3.04. The lowest BCUT2D eigenvalue weighted by Gasteiger charge is -2.09. The molecular formula is C20H21NO4. The van der Waals surface area contributed by atoms with Crippen LogP contribution in [0.25, 0.3) is 11.0 Å². The molecule has 5 heteroatoms. The minimum absolute atomic E-state index is 0.0339. The summed E-state index contributed by atoms with van der Waals surface area (Å²) in [5.41, 5.74) is 2.66. The Labute approximate surface area is 146 Å². The van der Waals surface area contributed by atoms with Crippen molar-refractivity contribution in [1.29, 1.82) is 0 Å². The molecule has 5 nitrogen and oxygen atoms in total. The van der Waals surface area contributed by atoms with E-state index in [0.717, 1.165) is 40.0 Å². The average molecular weight is 339 g/mol. The van der Waals surface area contributed by atoms with Crippen LogP contribution in [0.2, 0.25) is 0 Å². The fraction of sp³-hybridized carbons (Fsp3) is 0.250. The molecule has 0 saturated heterocycles. The summed E-state index contributed by atoms with van der Waals surface area (Å²) in [6.07, 6.45) is 2.63. The topological polar surface area (TPSA) is 60.7 Å². The van der Waals surface area contributed by atoms with E-state index in [1.807, 2.05) is 42.5 Å². The van der Waals surface area contributed by atoms with Gasteiger partial charge in [0.25, 0.3) is 0 Å². The van der Waals surface area contributed by atoms with Gasteiger partial charge in [-0.15, -0.1) is 0 Å². The van der Waals surface area contributed by atoms with Gasteiger partial charge in [0, 0.05) is 23.6 Å². The van der Waals surface area contributed by atoms with Crippen molar-refractivity contribution in [3.05, 3.63) is 59.9 Å². The van der Waals surface area contributed by atoms with Crippen LogP contribution in [0.4, 0.5) is 0 Å². The second-order valence-electron chi connectivity index (χ2n) is 5.71. The summed E-state index contributed by atoms with van der Waals surface area (Å²) in [6.45, 7) is 0.558. The fourth-order valence-electron chi connectivity index (χ4n) is 2.81. The number of hydrogen-bond donors (Lipinski definition) is 1. The number of ether oxygens (including phenoxy) is 2. The summed E-state index contributed by atoms with van der Waals surface area (Å²) in [6, 6.07) is 13.4. The summed E-state index contributed by atoms with van der Waals surface area (Å²) in [4.78, 5) is 12.2. The Bertz CT molecular complexity index is 869. The molecule has 130 valence electrons. The van der Waals surface area contributed by atoms with Crippen molar-refractivity contribution in [1.82, 2.24) is 5.32 Å². The Morgan fingerprint density at radius 2 is 1.92 bits per heavy atom. The normalized spacial score (nSPS) is 10.6. The molecule has 0 saturated carbocycles. The zero-order chi connectivity index (χ0) is 17.6. The molecule has 0 atom stereocenters. The number of rotatable bonds is 7. The monoisotopic (exact) mass is 339 g/mol. The first kappa shape index (κ1) is 16.9. The maximum absolute atomic E-state index is 12.2. The van der Waals surface area contributed by atoms with Gasteiger partial charge < -0.3 is 19.2 Å². The Hall–Kier alpha value is -2.95. The molecule has 3 rings (SSSR count). The maximum atomic E-state index is 12.2. The number of hydrogen-bond acceptors (Lipinski definition) is 4. The van der Waals surface area contributed by atoms with Crippen molar-refractivity contribution in [3.63, 3.8) is 0 Å². The summed E-state index contributed by atoms with van der Waals surface area (Å²) in [7, 11) is 3.26.